The first-order chi connectivity index (χ1) is 24.7. The average Bonchev–Trinajstić information content (AvgIpc) is 3.99. The molecule has 2 atom stereocenters. The van der Waals surface area contributed by atoms with E-state index in [1.54, 1.807) is 0 Å². The van der Waals surface area contributed by atoms with Gasteiger partial charge >= 0.3 is 0 Å². The van der Waals surface area contributed by atoms with Gasteiger partial charge in [0, 0.05) is 44.6 Å². The van der Waals surface area contributed by atoms with E-state index >= 15 is 0 Å². The highest BCUT2D eigenvalue weighted by atomic mass is 16.5. The third kappa shape index (κ3) is 6.94. The molecular weight excluding hydrogens is 619 g/mol. The number of ether oxygens (including phenoxy) is 2. The largest absolute Gasteiger partial charge is 0.381 e. The number of rotatable bonds is 10. The zero-order valence-electron chi connectivity index (χ0n) is 29.6. The molecule has 7 nitrogen and oxygen atoms in total. The summed E-state index contributed by atoms with van der Waals surface area (Å²) in [6.45, 7) is 8.51. The second-order valence-corrected chi connectivity index (χ2v) is 15.6. The van der Waals surface area contributed by atoms with Crippen LogP contribution in [0.25, 0.3) is 33.3 Å². The van der Waals surface area contributed by atoms with Gasteiger partial charge in [-0.2, -0.15) is 0 Å². The number of likely N-dealkylation sites (tertiary alicyclic amines) is 2. The fourth-order valence-corrected chi connectivity index (χ4v) is 9.44. The van der Waals surface area contributed by atoms with E-state index in [-0.39, 0.29) is 0 Å². The molecular formula is C43H53N5O2. The maximum absolute atomic E-state index is 5.59. The molecule has 3 aromatic carbocycles. The van der Waals surface area contributed by atoms with Crippen LogP contribution >= 0.6 is 0 Å². The van der Waals surface area contributed by atoms with Crippen molar-refractivity contribution in [2.24, 2.45) is 16.8 Å². The molecule has 262 valence electrons. The Kier molecular flexibility index (Phi) is 9.57. The monoisotopic (exact) mass is 671 g/mol. The zero-order chi connectivity index (χ0) is 33.3. The summed E-state index contributed by atoms with van der Waals surface area (Å²) in [5.74, 6) is 2.77. The van der Waals surface area contributed by atoms with Gasteiger partial charge in [-0.25, -0.2) is 4.98 Å². The van der Waals surface area contributed by atoms with Crippen LogP contribution in [-0.2, 0) is 15.9 Å². The molecule has 4 aromatic rings. The Labute approximate surface area is 297 Å². The van der Waals surface area contributed by atoms with E-state index < -0.39 is 0 Å². The second kappa shape index (κ2) is 14.7. The first-order valence-corrected chi connectivity index (χ1v) is 19.7. The summed E-state index contributed by atoms with van der Waals surface area (Å²) in [6, 6.07) is 23.6. The number of nitrogens with one attached hydrogen (secondary N) is 1. The quantitative estimate of drug-likeness (QED) is 0.183. The molecule has 0 spiro atoms. The molecule has 0 unspecified atom stereocenters. The SMILES string of the molecule is c1cc(-c2ccc3nc([C@@H]4CCCN4CCC4CCOCC4)[nH]c3c2)ccc1-c1ccc2c(c1)N=C([C@@H]1CCCN1CCC1CCOCC1)C2. The number of imidazole rings is 1. The molecule has 50 heavy (non-hydrogen) atoms. The number of hydrogen-bond acceptors (Lipinski definition) is 6. The van der Waals surface area contributed by atoms with E-state index in [4.69, 9.17) is 19.5 Å². The maximum Gasteiger partial charge on any atom is 0.124 e. The number of H-pyrrole nitrogens is 1. The average molecular weight is 672 g/mol. The van der Waals surface area contributed by atoms with Crippen LogP contribution in [0.1, 0.15) is 81.6 Å². The predicted octanol–water partition coefficient (Wildman–Crippen LogP) is 8.76. The molecule has 0 saturated carbocycles. The van der Waals surface area contributed by atoms with Gasteiger partial charge in [-0.3, -0.25) is 14.8 Å². The van der Waals surface area contributed by atoms with Crippen LogP contribution in [0.4, 0.5) is 5.69 Å². The van der Waals surface area contributed by atoms with Crippen molar-refractivity contribution in [1.29, 1.82) is 0 Å². The van der Waals surface area contributed by atoms with Crippen molar-refractivity contribution < 1.29 is 9.47 Å². The lowest BCUT2D eigenvalue weighted by Gasteiger charge is -2.28. The second-order valence-electron chi connectivity index (χ2n) is 15.6. The van der Waals surface area contributed by atoms with Crippen molar-refractivity contribution in [2.45, 2.75) is 82.7 Å². The lowest BCUT2D eigenvalue weighted by molar-refractivity contribution is 0.0593. The van der Waals surface area contributed by atoms with Crippen LogP contribution in [0.15, 0.2) is 65.7 Å². The first-order valence-electron chi connectivity index (χ1n) is 19.7. The fraction of sp³-hybridized carbons (Fsp3) is 0.535. The van der Waals surface area contributed by atoms with Gasteiger partial charge < -0.3 is 14.5 Å². The topological polar surface area (TPSA) is 66.0 Å². The number of nitrogens with zero attached hydrogens (tertiary/aromatic N) is 4. The van der Waals surface area contributed by atoms with E-state index in [1.165, 1.54) is 123 Å². The summed E-state index contributed by atoms with van der Waals surface area (Å²) in [6.07, 6.45) is 13.4. The van der Waals surface area contributed by atoms with Gasteiger partial charge in [0.2, 0.25) is 0 Å². The minimum Gasteiger partial charge on any atom is -0.381 e. The zero-order valence-corrected chi connectivity index (χ0v) is 29.6. The third-order valence-corrected chi connectivity index (χ3v) is 12.5. The van der Waals surface area contributed by atoms with Crippen LogP contribution in [0.2, 0.25) is 0 Å². The Morgan fingerprint density at radius 2 is 1.22 bits per heavy atom. The van der Waals surface area contributed by atoms with Crippen molar-refractivity contribution in [3.8, 4) is 22.3 Å². The van der Waals surface area contributed by atoms with E-state index in [1.807, 2.05) is 0 Å². The summed E-state index contributed by atoms with van der Waals surface area (Å²) in [7, 11) is 0. The van der Waals surface area contributed by atoms with Gasteiger partial charge in [0.1, 0.15) is 5.82 Å². The highest BCUT2D eigenvalue weighted by Gasteiger charge is 2.32. The Bertz CT molecular complexity index is 1800. The first kappa shape index (κ1) is 32.5. The molecule has 0 amide bonds. The Morgan fingerprint density at radius 1 is 0.640 bits per heavy atom. The molecule has 0 radical (unpaired) electrons. The van der Waals surface area contributed by atoms with Gasteiger partial charge in [-0.15, -0.1) is 0 Å². The summed E-state index contributed by atoms with van der Waals surface area (Å²) in [5.41, 5.74) is 11.1. The molecule has 1 N–H and O–H groups in total. The highest BCUT2D eigenvalue weighted by Crippen LogP contribution is 2.37. The minimum atomic E-state index is 0.400. The number of benzene rings is 3. The van der Waals surface area contributed by atoms with Crippen molar-refractivity contribution in [1.82, 2.24) is 19.8 Å². The van der Waals surface area contributed by atoms with E-state index in [9.17, 15) is 0 Å². The fourth-order valence-electron chi connectivity index (χ4n) is 9.44. The third-order valence-electron chi connectivity index (χ3n) is 12.5. The highest BCUT2D eigenvalue weighted by molar-refractivity contribution is 5.98. The lowest BCUT2D eigenvalue weighted by Crippen LogP contribution is -2.37. The Balaban J connectivity index is 0.857. The molecule has 7 heteroatoms. The van der Waals surface area contributed by atoms with Gasteiger partial charge in [-0.1, -0.05) is 42.5 Å². The van der Waals surface area contributed by atoms with Crippen LogP contribution in [-0.4, -0.2) is 84.1 Å². The maximum atomic E-state index is 5.59. The summed E-state index contributed by atoms with van der Waals surface area (Å²) >= 11 is 0. The minimum absolute atomic E-state index is 0.400. The predicted molar refractivity (Wildman–Crippen MR) is 202 cm³/mol. The summed E-state index contributed by atoms with van der Waals surface area (Å²) in [5, 5.41) is 0. The number of aromatic amines is 1. The normalized spacial score (nSPS) is 24.0. The lowest BCUT2D eigenvalue weighted by atomic mass is 9.95. The molecule has 5 aliphatic heterocycles. The number of aromatic nitrogens is 2. The summed E-state index contributed by atoms with van der Waals surface area (Å²) in [4.78, 5) is 19.5. The van der Waals surface area contributed by atoms with Gasteiger partial charge in [0.05, 0.1) is 22.8 Å². The molecule has 0 bridgehead atoms. The summed E-state index contributed by atoms with van der Waals surface area (Å²) < 4.78 is 11.2. The van der Waals surface area contributed by atoms with Gasteiger partial charge in [0.25, 0.3) is 0 Å². The van der Waals surface area contributed by atoms with Crippen LogP contribution in [0.3, 0.4) is 0 Å². The van der Waals surface area contributed by atoms with Crippen molar-refractivity contribution in [3.05, 3.63) is 72.1 Å². The standard InChI is InChI=1S/C43H53N5O2/c1-3-41(47(19-1)21-13-30-15-23-49-24-16-30)40-29-36-10-9-34(27-38(36)44-40)32-5-7-33(8-6-32)35-11-12-37-39(28-35)46-43(45-37)42-4-2-20-48(42)22-14-31-17-25-50-26-18-31/h5-12,27-28,30-31,41-42H,1-4,13-26,29H2,(H,45,46)/t41-,42-/m0/s1. The van der Waals surface area contributed by atoms with Gasteiger partial charge in [-0.05, 0) is 148 Å². The molecule has 0 aliphatic carbocycles. The van der Waals surface area contributed by atoms with Gasteiger partial charge in [0.15, 0.2) is 0 Å². The van der Waals surface area contributed by atoms with Crippen LogP contribution in [0.5, 0.6) is 0 Å². The van der Waals surface area contributed by atoms with E-state index in [2.05, 4.69) is 75.4 Å². The molecule has 1 aromatic heterocycles. The molecule has 6 heterocycles. The number of fused-ring (bicyclic) bond motifs is 2. The molecule has 4 fully saturated rings. The Morgan fingerprint density at radius 3 is 1.90 bits per heavy atom. The van der Waals surface area contributed by atoms with E-state index in [0.717, 1.165) is 68.1 Å². The van der Waals surface area contributed by atoms with Crippen molar-refractivity contribution >= 4 is 22.4 Å². The van der Waals surface area contributed by atoms with E-state index in [0.29, 0.717) is 12.1 Å². The Hall–Kier alpha value is -3.36. The van der Waals surface area contributed by atoms with Crippen molar-refractivity contribution in [3.63, 3.8) is 0 Å². The molecule has 9 rings (SSSR count). The van der Waals surface area contributed by atoms with Crippen molar-refractivity contribution in [2.75, 3.05) is 52.6 Å². The van der Waals surface area contributed by atoms with Crippen LogP contribution in [0, 0.1) is 11.8 Å². The number of aliphatic imine (C=N–C) groups is 1. The van der Waals surface area contributed by atoms with Crippen LogP contribution < -0.4 is 0 Å². The number of hydrogen-bond donors (Lipinski definition) is 1. The molecule has 5 aliphatic rings. The smallest absolute Gasteiger partial charge is 0.124 e. The molecule has 4 saturated heterocycles.